The Kier molecular flexibility index (Phi) is 10.2. The smallest absolute Gasteiger partial charge is 0.257 e. The van der Waals surface area contributed by atoms with Gasteiger partial charge in [-0.3, -0.25) is 9.59 Å². The molecule has 0 spiro atoms. The third-order valence-corrected chi connectivity index (χ3v) is 4.96. The van der Waals surface area contributed by atoms with Crippen molar-refractivity contribution in [1.29, 1.82) is 0 Å². The molecule has 0 saturated heterocycles. The van der Waals surface area contributed by atoms with E-state index >= 15 is 0 Å². The van der Waals surface area contributed by atoms with Gasteiger partial charge in [0.1, 0.15) is 12.4 Å². The number of halogens is 1. The lowest BCUT2D eigenvalue weighted by Gasteiger charge is -2.28. The Hall–Kier alpha value is -2.71. The van der Waals surface area contributed by atoms with E-state index in [9.17, 15) is 14.0 Å². The topological polar surface area (TPSA) is 64.0 Å². The van der Waals surface area contributed by atoms with Crippen LogP contribution in [-0.2, 0) is 27.9 Å². The van der Waals surface area contributed by atoms with Crippen molar-refractivity contribution in [3.63, 3.8) is 0 Å². The molecule has 1 heterocycles. The van der Waals surface area contributed by atoms with E-state index in [4.69, 9.17) is 9.47 Å². The minimum Gasteiger partial charge on any atom is -0.383 e. The number of hydrogen-bond donors (Lipinski definition) is 0. The van der Waals surface area contributed by atoms with Crippen LogP contribution in [0.15, 0.2) is 42.6 Å². The van der Waals surface area contributed by atoms with Crippen molar-refractivity contribution in [3.05, 3.63) is 59.7 Å². The first kappa shape index (κ1) is 24.6. The number of carbonyl (C=O) groups excluding carboxylic acids is 2. The van der Waals surface area contributed by atoms with E-state index < -0.39 is 11.7 Å². The number of benzene rings is 1. The van der Waals surface area contributed by atoms with E-state index in [1.165, 1.54) is 23.1 Å². The number of aromatic nitrogens is 1. The minimum absolute atomic E-state index is 0.0439. The Balaban J connectivity index is 2.16. The summed E-state index contributed by atoms with van der Waals surface area (Å²) in [6, 6.07) is 9.67. The van der Waals surface area contributed by atoms with E-state index in [0.29, 0.717) is 45.9 Å². The van der Waals surface area contributed by atoms with Crippen LogP contribution in [0.3, 0.4) is 0 Å². The van der Waals surface area contributed by atoms with E-state index in [0.717, 1.165) is 5.69 Å². The van der Waals surface area contributed by atoms with Crippen LogP contribution in [0.25, 0.3) is 0 Å². The van der Waals surface area contributed by atoms with Gasteiger partial charge in [0.05, 0.1) is 18.7 Å². The van der Waals surface area contributed by atoms with Crippen molar-refractivity contribution in [3.8, 4) is 0 Å². The number of nitrogens with zero attached hydrogens (tertiary/aromatic N) is 3. The number of ether oxygens (including phenoxy) is 2. The average molecular weight is 434 g/mol. The van der Waals surface area contributed by atoms with Crippen LogP contribution in [0.5, 0.6) is 0 Å². The van der Waals surface area contributed by atoms with Gasteiger partial charge in [0.15, 0.2) is 0 Å². The Morgan fingerprint density at radius 1 is 1.06 bits per heavy atom. The summed E-state index contributed by atoms with van der Waals surface area (Å²) < 4.78 is 26.7. The lowest BCUT2D eigenvalue weighted by molar-refractivity contribution is -0.133. The minimum atomic E-state index is -0.602. The van der Waals surface area contributed by atoms with Crippen LogP contribution in [0, 0.1) is 5.82 Å². The summed E-state index contributed by atoms with van der Waals surface area (Å²) >= 11 is 0. The van der Waals surface area contributed by atoms with Crippen molar-refractivity contribution < 1.29 is 23.5 Å². The highest BCUT2D eigenvalue weighted by molar-refractivity contribution is 5.96. The molecule has 0 N–H and O–H groups in total. The van der Waals surface area contributed by atoms with Gasteiger partial charge in [0, 0.05) is 52.4 Å². The summed E-state index contributed by atoms with van der Waals surface area (Å²) in [6.07, 6.45) is 2.47. The van der Waals surface area contributed by atoms with Gasteiger partial charge in [-0.25, -0.2) is 4.39 Å². The molecule has 0 atom stereocenters. The van der Waals surface area contributed by atoms with Crippen molar-refractivity contribution >= 4 is 11.8 Å². The van der Waals surface area contributed by atoms with Crippen molar-refractivity contribution in [2.75, 3.05) is 46.6 Å². The van der Waals surface area contributed by atoms with Gasteiger partial charge in [0.25, 0.3) is 5.91 Å². The van der Waals surface area contributed by atoms with Crippen LogP contribution in [0.4, 0.5) is 4.39 Å². The van der Waals surface area contributed by atoms with Crippen LogP contribution < -0.4 is 0 Å². The summed E-state index contributed by atoms with van der Waals surface area (Å²) in [5.41, 5.74) is 0.922. The largest absolute Gasteiger partial charge is 0.383 e. The predicted molar refractivity (Wildman–Crippen MR) is 116 cm³/mol. The van der Waals surface area contributed by atoms with Gasteiger partial charge in [-0.15, -0.1) is 0 Å². The zero-order valence-electron chi connectivity index (χ0n) is 18.6. The highest BCUT2D eigenvalue weighted by atomic mass is 19.1. The standard InChI is InChI=1S/C23H32FN3O4/c1-4-31-15-8-13-27(23(29)20-10-5-6-11-21(20)24)18-22(28)26(14-16-30-3)17-19-9-7-12-25(19)2/h5-7,9-12H,4,8,13-18H2,1-3H3. The number of methoxy groups -OCH3 is 1. The Morgan fingerprint density at radius 3 is 2.48 bits per heavy atom. The number of amides is 2. The van der Waals surface area contributed by atoms with Crippen LogP contribution in [0.1, 0.15) is 29.4 Å². The molecule has 7 nitrogen and oxygen atoms in total. The Morgan fingerprint density at radius 2 is 1.84 bits per heavy atom. The highest BCUT2D eigenvalue weighted by Gasteiger charge is 2.24. The fourth-order valence-electron chi connectivity index (χ4n) is 3.17. The van der Waals surface area contributed by atoms with E-state index in [2.05, 4.69) is 0 Å². The summed E-state index contributed by atoms with van der Waals surface area (Å²) in [7, 11) is 3.49. The van der Waals surface area contributed by atoms with Crippen LogP contribution in [-0.4, -0.2) is 72.7 Å². The molecule has 0 fully saturated rings. The fraction of sp³-hybridized carbons (Fsp3) is 0.478. The predicted octanol–water partition coefficient (Wildman–Crippen LogP) is 2.71. The molecule has 31 heavy (non-hydrogen) atoms. The molecule has 0 aliphatic heterocycles. The monoisotopic (exact) mass is 433 g/mol. The molecule has 170 valence electrons. The average Bonchev–Trinajstić information content (AvgIpc) is 3.17. The first-order valence-corrected chi connectivity index (χ1v) is 10.5. The Bertz CT molecular complexity index is 840. The summed E-state index contributed by atoms with van der Waals surface area (Å²) in [4.78, 5) is 29.2. The SMILES string of the molecule is CCOCCCN(CC(=O)N(CCOC)Cc1cccn1C)C(=O)c1ccccc1F. The Labute approximate surface area is 183 Å². The number of carbonyl (C=O) groups is 2. The first-order valence-electron chi connectivity index (χ1n) is 10.5. The lowest BCUT2D eigenvalue weighted by Crippen LogP contribution is -2.44. The summed E-state index contributed by atoms with van der Waals surface area (Å²) in [5.74, 6) is -1.33. The van der Waals surface area contributed by atoms with Crippen LogP contribution in [0.2, 0.25) is 0 Å². The van der Waals surface area contributed by atoms with E-state index in [1.807, 2.05) is 36.9 Å². The van der Waals surface area contributed by atoms with E-state index in [-0.39, 0.29) is 18.0 Å². The molecule has 2 amide bonds. The molecule has 0 unspecified atom stereocenters. The maximum absolute atomic E-state index is 14.2. The van der Waals surface area contributed by atoms with Gasteiger partial charge >= 0.3 is 0 Å². The number of hydrogen-bond acceptors (Lipinski definition) is 4. The third kappa shape index (κ3) is 7.48. The summed E-state index contributed by atoms with van der Waals surface area (Å²) in [6.45, 7) is 4.23. The second-order valence-electron chi connectivity index (χ2n) is 7.18. The van der Waals surface area contributed by atoms with Crippen LogP contribution >= 0.6 is 0 Å². The molecule has 0 aliphatic rings. The van der Waals surface area contributed by atoms with Gasteiger partial charge in [0.2, 0.25) is 5.91 Å². The molecular weight excluding hydrogens is 401 g/mol. The molecule has 1 aromatic heterocycles. The summed E-state index contributed by atoms with van der Waals surface area (Å²) in [5, 5.41) is 0. The van der Waals surface area contributed by atoms with E-state index in [1.54, 1.807) is 18.1 Å². The van der Waals surface area contributed by atoms with Crippen molar-refractivity contribution in [1.82, 2.24) is 14.4 Å². The van der Waals surface area contributed by atoms with Gasteiger partial charge in [-0.1, -0.05) is 12.1 Å². The molecule has 2 rings (SSSR count). The molecule has 1 aromatic carbocycles. The molecule has 0 bridgehead atoms. The fourth-order valence-corrected chi connectivity index (χ4v) is 3.17. The highest BCUT2D eigenvalue weighted by Crippen LogP contribution is 2.12. The number of rotatable bonds is 13. The van der Waals surface area contributed by atoms with Crippen molar-refractivity contribution in [2.24, 2.45) is 7.05 Å². The molecule has 2 aromatic rings. The molecular formula is C23H32FN3O4. The molecule has 0 aliphatic carbocycles. The quantitative estimate of drug-likeness (QED) is 0.456. The second-order valence-corrected chi connectivity index (χ2v) is 7.18. The molecule has 0 saturated carbocycles. The zero-order chi connectivity index (χ0) is 22.6. The second kappa shape index (κ2) is 12.9. The van der Waals surface area contributed by atoms with Gasteiger partial charge in [-0.2, -0.15) is 0 Å². The van der Waals surface area contributed by atoms with Gasteiger partial charge in [-0.05, 0) is 37.6 Å². The maximum atomic E-state index is 14.2. The molecule has 8 heteroatoms. The lowest BCUT2D eigenvalue weighted by atomic mass is 10.1. The first-order chi connectivity index (χ1) is 15.0. The molecule has 0 radical (unpaired) electrons. The number of aryl methyl sites for hydroxylation is 1. The zero-order valence-corrected chi connectivity index (χ0v) is 18.6. The normalized spacial score (nSPS) is 10.8. The third-order valence-electron chi connectivity index (χ3n) is 4.96. The maximum Gasteiger partial charge on any atom is 0.257 e. The van der Waals surface area contributed by atoms with Gasteiger partial charge < -0.3 is 23.8 Å². The van der Waals surface area contributed by atoms with Crippen molar-refractivity contribution in [2.45, 2.75) is 19.9 Å².